The number of para-hydroxylation sites is 1. The quantitative estimate of drug-likeness (QED) is 0.937. The van der Waals surface area contributed by atoms with Crippen molar-refractivity contribution >= 4 is 16.6 Å². The first kappa shape index (κ1) is 14.6. The summed E-state index contributed by atoms with van der Waals surface area (Å²) in [5.41, 5.74) is 7.72. The van der Waals surface area contributed by atoms with Crippen LogP contribution in [-0.4, -0.2) is 24.8 Å². The summed E-state index contributed by atoms with van der Waals surface area (Å²) in [6, 6.07) is 9.11. The molecular weight excluding hydrogens is 267 g/mol. The van der Waals surface area contributed by atoms with Crippen LogP contribution in [0.25, 0.3) is 10.9 Å². The van der Waals surface area contributed by atoms with E-state index in [4.69, 9.17) is 5.73 Å². The second kappa shape index (κ2) is 5.66. The third-order valence-corrected chi connectivity index (χ3v) is 3.10. The van der Waals surface area contributed by atoms with E-state index in [0.717, 1.165) is 16.6 Å². The molecule has 0 radical (unpaired) electrons. The maximum absolute atomic E-state index is 12.3. The molecule has 2 aromatic rings. The zero-order valence-corrected chi connectivity index (χ0v) is 11.1. The lowest BCUT2D eigenvalue weighted by Crippen LogP contribution is -2.24. The fourth-order valence-electron chi connectivity index (χ4n) is 2.05. The molecule has 0 saturated heterocycles. The number of pyridine rings is 1. The summed E-state index contributed by atoms with van der Waals surface area (Å²) in [4.78, 5) is 5.97. The highest BCUT2D eigenvalue weighted by atomic mass is 19.4. The second-order valence-corrected chi connectivity index (χ2v) is 4.64. The molecule has 0 aliphatic carbocycles. The van der Waals surface area contributed by atoms with Gasteiger partial charge in [-0.25, -0.2) is 0 Å². The van der Waals surface area contributed by atoms with Gasteiger partial charge in [0.1, 0.15) is 0 Å². The summed E-state index contributed by atoms with van der Waals surface area (Å²) in [5, 5.41) is 0.828. The van der Waals surface area contributed by atoms with Crippen LogP contribution in [0.15, 0.2) is 30.3 Å². The van der Waals surface area contributed by atoms with Crippen LogP contribution in [-0.2, 0) is 6.54 Å². The Morgan fingerprint density at radius 3 is 2.60 bits per heavy atom. The smallest absolute Gasteiger partial charge is 0.374 e. The standard InChI is InChI=1S/C14H16F3N3/c1-20(7-6-14(15,16)17)13-8-10(9-18)19-12-5-3-2-4-11(12)13/h2-5,8H,6-7,9,18H2,1H3. The van der Waals surface area contributed by atoms with E-state index in [2.05, 4.69) is 4.98 Å². The van der Waals surface area contributed by atoms with E-state index in [0.29, 0.717) is 5.69 Å². The molecule has 2 rings (SSSR count). The van der Waals surface area contributed by atoms with Crippen LogP contribution in [0.3, 0.4) is 0 Å². The Labute approximate surface area is 115 Å². The van der Waals surface area contributed by atoms with Crippen LogP contribution < -0.4 is 10.6 Å². The molecule has 0 unspecified atom stereocenters. The van der Waals surface area contributed by atoms with Crippen LogP contribution in [0.1, 0.15) is 12.1 Å². The van der Waals surface area contributed by atoms with Crippen molar-refractivity contribution in [2.45, 2.75) is 19.1 Å². The van der Waals surface area contributed by atoms with Crippen molar-refractivity contribution in [1.82, 2.24) is 4.98 Å². The van der Waals surface area contributed by atoms with Gasteiger partial charge in [-0.1, -0.05) is 18.2 Å². The number of alkyl halides is 3. The molecule has 2 N–H and O–H groups in total. The van der Waals surface area contributed by atoms with Crippen molar-refractivity contribution in [1.29, 1.82) is 0 Å². The van der Waals surface area contributed by atoms with Gasteiger partial charge in [-0.2, -0.15) is 13.2 Å². The highest BCUT2D eigenvalue weighted by Crippen LogP contribution is 2.27. The molecule has 0 bridgehead atoms. The van der Waals surface area contributed by atoms with Crippen LogP contribution >= 0.6 is 0 Å². The predicted octanol–water partition coefficient (Wildman–Crippen LogP) is 3.08. The van der Waals surface area contributed by atoms with Crippen molar-refractivity contribution in [3.63, 3.8) is 0 Å². The van der Waals surface area contributed by atoms with Crippen LogP contribution in [0.2, 0.25) is 0 Å². The van der Waals surface area contributed by atoms with Gasteiger partial charge in [0.25, 0.3) is 0 Å². The van der Waals surface area contributed by atoms with Crippen molar-refractivity contribution in [3.8, 4) is 0 Å². The van der Waals surface area contributed by atoms with Crippen LogP contribution in [0, 0.1) is 0 Å². The van der Waals surface area contributed by atoms with E-state index < -0.39 is 12.6 Å². The summed E-state index contributed by atoms with van der Waals surface area (Å²) >= 11 is 0. The molecule has 0 amide bonds. The number of hydrogen-bond acceptors (Lipinski definition) is 3. The van der Waals surface area contributed by atoms with Crippen LogP contribution in [0.4, 0.5) is 18.9 Å². The topological polar surface area (TPSA) is 42.1 Å². The first-order chi connectivity index (χ1) is 9.40. The van der Waals surface area contributed by atoms with Crippen molar-refractivity contribution < 1.29 is 13.2 Å². The zero-order valence-electron chi connectivity index (χ0n) is 11.1. The van der Waals surface area contributed by atoms with Gasteiger partial charge in [-0.3, -0.25) is 4.98 Å². The molecule has 3 nitrogen and oxygen atoms in total. The Morgan fingerprint density at radius 2 is 1.95 bits per heavy atom. The lowest BCUT2D eigenvalue weighted by atomic mass is 10.1. The molecule has 1 aromatic carbocycles. The van der Waals surface area contributed by atoms with E-state index in [1.807, 2.05) is 24.3 Å². The van der Waals surface area contributed by atoms with E-state index in [9.17, 15) is 13.2 Å². The van der Waals surface area contributed by atoms with E-state index in [-0.39, 0.29) is 13.1 Å². The Kier molecular flexibility index (Phi) is 4.13. The highest BCUT2D eigenvalue weighted by molar-refractivity contribution is 5.91. The SMILES string of the molecule is CN(CCC(F)(F)F)c1cc(CN)nc2ccccc12. The number of benzene rings is 1. The molecule has 0 spiro atoms. The average molecular weight is 283 g/mol. The predicted molar refractivity (Wildman–Crippen MR) is 73.6 cm³/mol. The normalized spacial score (nSPS) is 11.8. The number of anilines is 1. The number of nitrogens with zero attached hydrogens (tertiary/aromatic N) is 2. The molecule has 20 heavy (non-hydrogen) atoms. The molecule has 0 aliphatic rings. The molecule has 0 saturated carbocycles. The Balaban J connectivity index is 2.36. The number of fused-ring (bicyclic) bond motifs is 1. The van der Waals surface area contributed by atoms with Gasteiger partial charge in [0.05, 0.1) is 17.6 Å². The lowest BCUT2D eigenvalue weighted by molar-refractivity contribution is -0.132. The lowest BCUT2D eigenvalue weighted by Gasteiger charge is -2.22. The van der Waals surface area contributed by atoms with E-state index in [1.165, 1.54) is 0 Å². The second-order valence-electron chi connectivity index (χ2n) is 4.64. The molecule has 1 heterocycles. The summed E-state index contributed by atoms with van der Waals surface area (Å²) in [6.45, 7) is 0.159. The largest absolute Gasteiger partial charge is 0.390 e. The minimum Gasteiger partial charge on any atom is -0.374 e. The van der Waals surface area contributed by atoms with Gasteiger partial charge in [-0.15, -0.1) is 0 Å². The third-order valence-electron chi connectivity index (χ3n) is 3.10. The first-order valence-electron chi connectivity index (χ1n) is 6.27. The van der Waals surface area contributed by atoms with Gasteiger partial charge in [0.2, 0.25) is 0 Å². The van der Waals surface area contributed by atoms with Crippen molar-refractivity contribution in [2.24, 2.45) is 5.73 Å². The number of halogens is 3. The van der Waals surface area contributed by atoms with E-state index in [1.54, 1.807) is 18.0 Å². The molecule has 1 aromatic heterocycles. The Morgan fingerprint density at radius 1 is 1.25 bits per heavy atom. The number of rotatable bonds is 4. The molecular formula is C14H16F3N3. The van der Waals surface area contributed by atoms with Gasteiger partial charge in [-0.05, 0) is 12.1 Å². The molecule has 0 atom stereocenters. The fraction of sp³-hybridized carbons (Fsp3) is 0.357. The van der Waals surface area contributed by atoms with Crippen LogP contribution in [0.5, 0.6) is 0 Å². The number of hydrogen-bond donors (Lipinski definition) is 1. The van der Waals surface area contributed by atoms with Gasteiger partial charge in [0, 0.05) is 31.2 Å². The summed E-state index contributed by atoms with van der Waals surface area (Å²) in [6.07, 6.45) is -5.01. The molecule has 0 aliphatic heterocycles. The molecule has 108 valence electrons. The first-order valence-corrected chi connectivity index (χ1v) is 6.27. The highest BCUT2D eigenvalue weighted by Gasteiger charge is 2.27. The monoisotopic (exact) mass is 283 g/mol. The van der Waals surface area contributed by atoms with Crippen molar-refractivity contribution in [3.05, 3.63) is 36.0 Å². The Hall–Kier alpha value is -1.82. The maximum Gasteiger partial charge on any atom is 0.390 e. The minimum atomic E-state index is -4.16. The molecule has 0 fully saturated rings. The summed E-state index contributed by atoms with van der Waals surface area (Å²) in [5.74, 6) is 0. The summed E-state index contributed by atoms with van der Waals surface area (Å²) in [7, 11) is 1.65. The fourth-order valence-corrected chi connectivity index (χ4v) is 2.05. The third kappa shape index (κ3) is 3.39. The number of nitrogens with two attached hydrogens (primary N) is 1. The Bertz CT molecular complexity index is 596. The average Bonchev–Trinajstić information content (AvgIpc) is 2.42. The number of aromatic nitrogens is 1. The van der Waals surface area contributed by atoms with Gasteiger partial charge < -0.3 is 10.6 Å². The van der Waals surface area contributed by atoms with Crippen molar-refractivity contribution in [2.75, 3.05) is 18.5 Å². The van der Waals surface area contributed by atoms with E-state index >= 15 is 0 Å². The van der Waals surface area contributed by atoms with Gasteiger partial charge >= 0.3 is 6.18 Å². The molecule has 6 heteroatoms. The summed E-state index contributed by atoms with van der Waals surface area (Å²) < 4.78 is 37.0. The zero-order chi connectivity index (χ0) is 14.8. The van der Waals surface area contributed by atoms with Gasteiger partial charge in [0.15, 0.2) is 0 Å². The maximum atomic E-state index is 12.3. The minimum absolute atomic E-state index is 0.0957.